The summed E-state index contributed by atoms with van der Waals surface area (Å²) in [6.45, 7) is 0. The molecule has 6 aromatic carbocycles. The minimum atomic E-state index is -0.428. The Morgan fingerprint density at radius 2 is 1.07 bits per heavy atom. The highest BCUT2D eigenvalue weighted by Gasteiger charge is 2.24. The third-order valence-electron chi connectivity index (χ3n) is 7.71. The number of ether oxygens (including phenoxy) is 2. The largest absolute Gasteiger partial charge is 0.497 e. The molecule has 0 spiro atoms. The summed E-state index contributed by atoms with van der Waals surface area (Å²) < 4.78 is 10.9. The number of benzene rings is 6. The first-order valence-corrected chi connectivity index (χ1v) is 14.4. The van der Waals surface area contributed by atoms with Gasteiger partial charge >= 0.3 is 0 Å². The molecule has 0 atom stereocenters. The van der Waals surface area contributed by atoms with E-state index >= 15 is 0 Å². The second kappa shape index (κ2) is 12.7. The Balaban J connectivity index is 1.51. The van der Waals surface area contributed by atoms with E-state index in [2.05, 4.69) is 5.32 Å². The van der Waals surface area contributed by atoms with Crippen molar-refractivity contribution in [1.82, 2.24) is 0 Å². The van der Waals surface area contributed by atoms with Crippen molar-refractivity contribution < 1.29 is 23.9 Å². The van der Waals surface area contributed by atoms with E-state index in [4.69, 9.17) is 9.47 Å². The van der Waals surface area contributed by atoms with E-state index in [-0.39, 0.29) is 11.6 Å². The highest BCUT2D eigenvalue weighted by molar-refractivity contribution is 6.22. The fourth-order valence-corrected chi connectivity index (χ4v) is 5.44. The van der Waals surface area contributed by atoms with E-state index in [1.54, 1.807) is 79.9 Å². The summed E-state index contributed by atoms with van der Waals surface area (Å²) in [7, 11) is 3.07. The minimum Gasteiger partial charge on any atom is -0.497 e. The number of carbonyl (C=O) groups excluding carboxylic acids is 3. The van der Waals surface area contributed by atoms with Crippen molar-refractivity contribution in [2.24, 2.45) is 0 Å². The van der Waals surface area contributed by atoms with Crippen molar-refractivity contribution >= 4 is 33.9 Å². The van der Waals surface area contributed by atoms with Crippen molar-refractivity contribution in [3.05, 3.63) is 161 Å². The van der Waals surface area contributed by atoms with Gasteiger partial charge in [-0.05, 0) is 58.3 Å². The van der Waals surface area contributed by atoms with Gasteiger partial charge in [-0.1, -0.05) is 97.1 Å². The van der Waals surface area contributed by atoms with Crippen LogP contribution in [0.2, 0.25) is 0 Å². The first-order valence-electron chi connectivity index (χ1n) is 14.4. The van der Waals surface area contributed by atoms with Crippen LogP contribution >= 0.6 is 0 Å². The van der Waals surface area contributed by atoms with Gasteiger partial charge in [0.05, 0.1) is 25.5 Å². The maximum absolute atomic E-state index is 14.4. The van der Waals surface area contributed by atoms with E-state index in [0.717, 1.165) is 5.39 Å². The molecule has 0 aliphatic rings. The predicted molar refractivity (Wildman–Crippen MR) is 177 cm³/mol. The van der Waals surface area contributed by atoms with Gasteiger partial charge < -0.3 is 14.8 Å². The Morgan fingerprint density at radius 3 is 1.71 bits per heavy atom. The highest BCUT2D eigenvalue weighted by Crippen LogP contribution is 2.36. The van der Waals surface area contributed by atoms with Crippen molar-refractivity contribution in [3.63, 3.8) is 0 Å². The van der Waals surface area contributed by atoms with E-state index in [9.17, 15) is 14.4 Å². The summed E-state index contributed by atoms with van der Waals surface area (Å²) in [4.78, 5) is 41.9. The summed E-state index contributed by atoms with van der Waals surface area (Å²) in [5.41, 5.74) is 3.54. The minimum absolute atomic E-state index is 0.199. The van der Waals surface area contributed by atoms with Crippen LogP contribution in [0, 0.1) is 0 Å². The van der Waals surface area contributed by atoms with Gasteiger partial charge in [0, 0.05) is 22.3 Å². The summed E-state index contributed by atoms with van der Waals surface area (Å²) in [6.07, 6.45) is 0. The van der Waals surface area contributed by atoms with Gasteiger partial charge in [0.2, 0.25) is 0 Å². The number of carbonyl (C=O) groups is 3. The van der Waals surface area contributed by atoms with E-state index < -0.39 is 5.91 Å². The molecule has 0 saturated carbocycles. The maximum atomic E-state index is 14.4. The van der Waals surface area contributed by atoms with Gasteiger partial charge in [-0.25, -0.2) is 0 Å². The Bertz CT molecular complexity index is 2050. The number of ketones is 2. The van der Waals surface area contributed by atoms with Crippen LogP contribution in [0.25, 0.3) is 21.9 Å². The fourth-order valence-electron chi connectivity index (χ4n) is 5.44. The standard InChI is InChI=1S/C39H29NO5/c1-44-28-18-21-31(33(23-28)37(41)26-12-5-3-6-13-26)32-20-17-25-11-9-10-16-30(25)36(32)39(43)40-35-22-19-29(45-2)24-34(35)38(42)27-14-7-4-8-15-27/h3-24H,1-2H3,(H,40,43). The van der Waals surface area contributed by atoms with Gasteiger partial charge in [-0.3, -0.25) is 14.4 Å². The number of amides is 1. The number of hydrogen-bond donors (Lipinski definition) is 1. The fraction of sp³-hybridized carbons (Fsp3) is 0.0513. The molecule has 0 heterocycles. The van der Waals surface area contributed by atoms with Crippen molar-refractivity contribution in [1.29, 1.82) is 0 Å². The molecule has 0 aliphatic heterocycles. The molecule has 0 fully saturated rings. The highest BCUT2D eigenvalue weighted by atomic mass is 16.5. The summed E-state index contributed by atoms with van der Waals surface area (Å²) >= 11 is 0. The predicted octanol–water partition coefficient (Wildman–Crippen LogP) is 8.24. The Kier molecular flexibility index (Phi) is 8.20. The Hall–Kier alpha value is -6.01. The number of rotatable bonds is 9. The lowest BCUT2D eigenvalue weighted by Crippen LogP contribution is -2.17. The zero-order valence-corrected chi connectivity index (χ0v) is 24.7. The zero-order valence-electron chi connectivity index (χ0n) is 24.7. The molecule has 6 rings (SSSR count). The first kappa shape index (κ1) is 29.1. The molecule has 1 amide bonds. The van der Waals surface area contributed by atoms with Gasteiger partial charge in [-0.2, -0.15) is 0 Å². The molecular formula is C39H29NO5. The quantitative estimate of drug-likeness (QED) is 0.171. The number of anilines is 1. The topological polar surface area (TPSA) is 81.7 Å². The molecule has 6 heteroatoms. The molecule has 0 radical (unpaired) electrons. The summed E-state index contributed by atoms with van der Waals surface area (Å²) in [6, 6.07) is 39.5. The van der Waals surface area contributed by atoms with Gasteiger partial charge in [0.15, 0.2) is 11.6 Å². The number of methoxy groups -OCH3 is 2. The van der Waals surface area contributed by atoms with Crippen LogP contribution in [0.5, 0.6) is 11.5 Å². The molecule has 0 unspecified atom stereocenters. The van der Waals surface area contributed by atoms with Gasteiger partial charge in [-0.15, -0.1) is 0 Å². The molecule has 1 N–H and O–H groups in total. The first-order chi connectivity index (χ1) is 22.0. The van der Waals surface area contributed by atoms with E-state index in [0.29, 0.717) is 61.5 Å². The van der Waals surface area contributed by atoms with Crippen LogP contribution in [-0.4, -0.2) is 31.7 Å². The van der Waals surface area contributed by atoms with E-state index in [1.165, 1.54) is 7.11 Å². The molecule has 6 nitrogen and oxygen atoms in total. The van der Waals surface area contributed by atoms with Crippen LogP contribution < -0.4 is 14.8 Å². The van der Waals surface area contributed by atoms with Gasteiger partial charge in [0.25, 0.3) is 5.91 Å². The third-order valence-corrected chi connectivity index (χ3v) is 7.71. The van der Waals surface area contributed by atoms with Crippen molar-refractivity contribution in [2.45, 2.75) is 0 Å². The second-order valence-corrected chi connectivity index (χ2v) is 10.4. The lowest BCUT2D eigenvalue weighted by molar-refractivity contribution is 0.102. The van der Waals surface area contributed by atoms with Crippen LogP contribution in [0.3, 0.4) is 0 Å². The van der Waals surface area contributed by atoms with Crippen molar-refractivity contribution in [3.8, 4) is 22.6 Å². The number of nitrogens with one attached hydrogen (secondary N) is 1. The lowest BCUT2D eigenvalue weighted by Gasteiger charge is -2.18. The molecule has 45 heavy (non-hydrogen) atoms. The normalized spacial score (nSPS) is 10.7. The number of hydrogen-bond acceptors (Lipinski definition) is 5. The Labute approximate surface area is 260 Å². The molecule has 0 saturated heterocycles. The van der Waals surface area contributed by atoms with Crippen LogP contribution in [-0.2, 0) is 0 Å². The zero-order chi connectivity index (χ0) is 31.3. The molecule has 220 valence electrons. The summed E-state index contributed by atoms with van der Waals surface area (Å²) in [5.74, 6) is 0.124. The monoisotopic (exact) mass is 591 g/mol. The van der Waals surface area contributed by atoms with Gasteiger partial charge in [0.1, 0.15) is 11.5 Å². The average molecular weight is 592 g/mol. The SMILES string of the molecule is COc1ccc(NC(=O)c2c(-c3ccc(OC)cc3C(=O)c3ccccc3)ccc3ccccc23)c(C(=O)c2ccccc2)c1. The molecule has 6 aromatic rings. The van der Waals surface area contributed by atoms with E-state index in [1.807, 2.05) is 60.7 Å². The molecule has 0 aliphatic carbocycles. The molecule has 0 bridgehead atoms. The second-order valence-electron chi connectivity index (χ2n) is 10.4. The van der Waals surface area contributed by atoms with Crippen LogP contribution in [0.15, 0.2) is 133 Å². The third kappa shape index (κ3) is 5.82. The van der Waals surface area contributed by atoms with Crippen molar-refractivity contribution in [2.75, 3.05) is 19.5 Å². The van der Waals surface area contributed by atoms with Crippen LogP contribution in [0.4, 0.5) is 5.69 Å². The Morgan fingerprint density at radius 1 is 0.533 bits per heavy atom. The summed E-state index contributed by atoms with van der Waals surface area (Å²) in [5, 5.41) is 4.56. The lowest BCUT2D eigenvalue weighted by atomic mass is 9.88. The molecule has 0 aromatic heterocycles. The number of fused-ring (bicyclic) bond motifs is 1. The maximum Gasteiger partial charge on any atom is 0.256 e. The van der Waals surface area contributed by atoms with Crippen LogP contribution in [0.1, 0.15) is 42.2 Å². The molecular weight excluding hydrogens is 562 g/mol. The smallest absolute Gasteiger partial charge is 0.256 e. The average Bonchev–Trinajstić information content (AvgIpc) is 3.11.